The summed E-state index contributed by atoms with van der Waals surface area (Å²) in [6.07, 6.45) is 2.42. The Morgan fingerprint density at radius 2 is 1.89 bits per heavy atom. The molecule has 4 rings (SSSR count). The lowest BCUT2D eigenvalue weighted by atomic mass is 10.1. The van der Waals surface area contributed by atoms with Gasteiger partial charge in [0, 0.05) is 49.8 Å². The Kier molecular flexibility index (Phi) is 5.63. The van der Waals surface area contributed by atoms with E-state index in [1.54, 1.807) is 0 Å². The first kappa shape index (κ1) is 18.6. The molecule has 1 aliphatic rings. The van der Waals surface area contributed by atoms with Crippen molar-refractivity contribution in [3.63, 3.8) is 0 Å². The van der Waals surface area contributed by atoms with E-state index in [4.69, 9.17) is 4.74 Å². The van der Waals surface area contributed by atoms with E-state index >= 15 is 0 Å². The molecule has 5 nitrogen and oxygen atoms in total. The monoisotopic (exact) mass is 377 g/mol. The molecule has 1 fully saturated rings. The minimum absolute atomic E-state index is 0.209. The van der Waals surface area contributed by atoms with Crippen LogP contribution in [-0.2, 0) is 11.2 Å². The zero-order valence-corrected chi connectivity index (χ0v) is 16.4. The van der Waals surface area contributed by atoms with Gasteiger partial charge in [0.25, 0.3) is 0 Å². The van der Waals surface area contributed by atoms with Crippen molar-refractivity contribution >= 4 is 16.8 Å². The largest absolute Gasteiger partial charge is 0.492 e. The molecule has 0 atom stereocenters. The van der Waals surface area contributed by atoms with Crippen LogP contribution in [-0.4, -0.2) is 60.0 Å². The van der Waals surface area contributed by atoms with E-state index in [9.17, 15) is 4.79 Å². The number of aromatic amines is 1. The zero-order valence-electron chi connectivity index (χ0n) is 16.4. The van der Waals surface area contributed by atoms with Crippen LogP contribution >= 0.6 is 0 Å². The number of rotatable bonds is 6. The second-order valence-electron chi connectivity index (χ2n) is 7.42. The maximum Gasteiger partial charge on any atom is 0.227 e. The first-order valence-corrected chi connectivity index (χ1v) is 9.93. The first-order chi connectivity index (χ1) is 13.7. The lowest BCUT2D eigenvalue weighted by Gasteiger charge is -2.34. The highest BCUT2D eigenvalue weighted by molar-refractivity contribution is 5.88. The molecule has 1 amide bonds. The van der Waals surface area contributed by atoms with Crippen molar-refractivity contribution in [3.05, 3.63) is 65.9 Å². The molecule has 146 valence electrons. The molecule has 0 aliphatic carbocycles. The van der Waals surface area contributed by atoms with Gasteiger partial charge in [0.2, 0.25) is 5.91 Å². The fraction of sp³-hybridized carbons (Fsp3) is 0.348. The van der Waals surface area contributed by atoms with E-state index in [1.165, 1.54) is 5.56 Å². The molecule has 28 heavy (non-hydrogen) atoms. The second kappa shape index (κ2) is 8.48. The van der Waals surface area contributed by atoms with Crippen molar-refractivity contribution < 1.29 is 9.53 Å². The number of aromatic nitrogens is 1. The molecule has 0 saturated carbocycles. The number of benzene rings is 2. The van der Waals surface area contributed by atoms with E-state index in [-0.39, 0.29) is 5.91 Å². The summed E-state index contributed by atoms with van der Waals surface area (Å²) in [5, 5.41) is 1.14. The molecule has 3 aromatic rings. The molecule has 1 aliphatic heterocycles. The summed E-state index contributed by atoms with van der Waals surface area (Å²) in [5.41, 5.74) is 3.37. The molecule has 1 saturated heterocycles. The highest BCUT2D eigenvalue weighted by Crippen LogP contribution is 2.19. The summed E-state index contributed by atoms with van der Waals surface area (Å²) < 4.78 is 5.85. The minimum atomic E-state index is 0.209. The van der Waals surface area contributed by atoms with Crippen molar-refractivity contribution in [1.29, 1.82) is 0 Å². The van der Waals surface area contributed by atoms with Crippen LogP contribution in [0.4, 0.5) is 0 Å². The Bertz CT molecular complexity index is 942. The molecule has 0 bridgehead atoms. The Labute approximate surface area is 165 Å². The van der Waals surface area contributed by atoms with Crippen molar-refractivity contribution in [1.82, 2.24) is 14.8 Å². The summed E-state index contributed by atoms with van der Waals surface area (Å²) in [6, 6.07) is 16.3. The first-order valence-electron chi connectivity index (χ1n) is 9.93. The van der Waals surface area contributed by atoms with Gasteiger partial charge in [0.05, 0.1) is 6.42 Å². The Morgan fingerprint density at radius 1 is 1.07 bits per heavy atom. The number of nitrogens with zero attached hydrogens (tertiary/aromatic N) is 2. The van der Waals surface area contributed by atoms with Crippen LogP contribution in [0.5, 0.6) is 5.75 Å². The highest BCUT2D eigenvalue weighted by atomic mass is 16.5. The summed E-state index contributed by atoms with van der Waals surface area (Å²) in [6.45, 7) is 7.00. The lowest BCUT2D eigenvalue weighted by Crippen LogP contribution is -2.49. The number of H-pyrrole nitrogens is 1. The molecule has 0 spiro atoms. The van der Waals surface area contributed by atoms with Gasteiger partial charge in [-0.3, -0.25) is 9.69 Å². The fourth-order valence-electron chi connectivity index (χ4n) is 3.77. The van der Waals surface area contributed by atoms with Gasteiger partial charge < -0.3 is 14.6 Å². The van der Waals surface area contributed by atoms with Crippen molar-refractivity contribution in [2.24, 2.45) is 0 Å². The number of fused-ring (bicyclic) bond motifs is 1. The molecule has 2 heterocycles. The standard InChI is InChI=1S/C23H27N3O2/c1-18-5-4-6-20(15-18)28-14-13-25-9-11-26(12-10-25)23(27)16-19-17-24-22-8-3-2-7-21(19)22/h2-8,15,17,24H,9-14,16H2,1H3. The van der Waals surface area contributed by atoms with Gasteiger partial charge in [-0.1, -0.05) is 30.3 Å². The van der Waals surface area contributed by atoms with E-state index in [0.717, 1.165) is 54.9 Å². The van der Waals surface area contributed by atoms with Crippen LogP contribution in [0.1, 0.15) is 11.1 Å². The summed E-state index contributed by atoms with van der Waals surface area (Å²) >= 11 is 0. The average Bonchev–Trinajstić information content (AvgIpc) is 3.11. The van der Waals surface area contributed by atoms with E-state index in [2.05, 4.69) is 35.0 Å². The van der Waals surface area contributed by atoms with Gasteiger partial charge in [0.15, 0.2) is 0 Å². The average molecular weight is 377 g/mol. The van der Waals surface area contributed by atoms with E-state index < -0.39 is 0 Å². The van der Waals surface area contributed by atoms with Gasteiger partial charge in [-0.25, -0.2) is 0 Å². The number of aryl methyl sites for hydroxylation is 1. The number of piperazine rings is 1. The van der Waals surface area contributed by atoms with Gasteiger partial charge in [-0.15, -0.1) is 0 Å². The molecule has 1 aromatic heterocycles. The van der Waals surface area contributed by atoms with Crippen LogP contribution < -0.4 is 4.74 Å². The number of amides is 1. The van der Waals surface area contributed by atoms with Gasteiger partial charge in [0.1, 0.15) is 12.4 Å². The fourth-order valence-corrected chi connectivity index (χ4v) is 3.77. The number of carbonyl (C=O) groups excluding carboxylic acids is 1. The Hall–Kier alpha value is -2.79. The minimum Gasteiger partial charge on any atom is -0.492 e. The van der Waals surface area contributed by atoms with Crippen LogP contribution in [0.3, 0.4) is 0 Å². The lowest BCUT2D eigenvalue weighted by molar-refractivity contribution is -0.132. The molecule has 5 heteroatoms. The van der Waals surface area contributed by atoms with Crippen LogP contribution in [0.2, 0.25) is 0 Å². The third-order valence-corrected chi connectivity index (χ3v) is 5.41. The highest BCUT2D eigenvalue weighted by Gasteiger charge is 2.21. The Balaban J connectivity index is 1.23. The van der Waals surface area contributed by atoms with Crippen molar-refractivity contribution in [2.45, 2.75) is 13.3 Å². The van der Waals surface area contributed by atoms with Crippen LogP contribution in [0.15, 0.2) is 54.7 Å². The Morgan fingerprint density at radius 3 is 2.71 bits per heavy atom. The summed E-state index contributed by atoms with van der Waals surface area (Å²) in [7, 11) is 0. The number of carbonyl (C=O) groups is 1. The maximum absolute atomic E-state index is 12.7. The number of para-hydroxylation sites is 1. The molecule has 0 unspecified atom stereocenters. The van der Waals surface area contributed by atoms with Crippen molar-refractivity contribution in [3.8, 4) is 5.75 Å². The zero-order chi connectivity index (χ0) is 19.3. The van der Waals surface area contributed by atoms with Gasteiger partial charge in [-0.05, 0) is 36.2 Å². The molecular weight excluding hydrogens is 350 g/mol. The van der Waals surface area contributed by atoms with Crippen molar-refractivity contribution in [2.75, 3.05) is 39.3 Å². The topological polar surface area (TPSA) is 48.6 Å². The number of hydrogen-bond acceptors (Lipinski definition) is 3. The van der Waals surface area contributed by atoms with E-state index in [0.29, 0.717) is 13.0 Å². The van der Waals surface area contributed by atoms with Gasteiger partial charge >= 0.3 is 0 Å². The SMILES string of the molecule is Cc1cccc(OCCN2CCN(C(=O)Cc3c[nH]c4ccccc34)CC2)c1. The molecule has 1 N–H and O–H groups in total. The number of ether oxygens (including phenoxy) is 1. The maximum atomic E-state index is 12.7. The number of hydrogen-bond donors (Lipinski definition) is 1. The summed E-state index contributed by atoms with van der Waals surface area (Å²) in [4.78, 5) is 20.3. The quantitative estimate of drug-likeness (QED) is 0.717. The number of nitrogens with one attached hydrogen (secondary N) is 1. The third-order valence-electron chi connectivity index (χ3n) is 5.41. The second-order valence-corrected chi connectivity index (χ2v) is 7.42. The predicted molar refractivity (Wildman–Crippen MR) is 112 cm³/mol. The molecular formula is C23H27N3O2. The van der Waals surface area contributed by atoms with Gasteiger partial charge in [-0.2, -0.15) is 0 Å². The molecule has 0 radical (unpaired) electrons. The normalized spacial score (nSPS) is 15.1. The van der Waals surface area contributed by atoms with Crippen LogP contribution in [0, 0.1) is 6.92 Å². The van der Waals surface area contributed by atoms with Crippen LogP contribution in [0.25, 0.3) is 10.9 Å². The molecule has 2 aromatic carbocycles. The smallest absolute Gasteiger partial charge is 0.227 e. The predicted octanol–water partition coefficient (Wildman–Crippen LogP) is 3.24. The van der Waals surface area contributed by atoms with E-state index in [1.807, 2.05) is 41.4 Å². The summed E-state index contributed by atoms with van der Waals surface area (Å²) in [5.74, 6) is 1.13. The third kappa shape index (κ3) is 4.37.